The van der Waals surface area contributed by atoms with Crippen LogP contribution in [-0.4, -0.2) is 37.4 Å². The van der Waals surface area contributed by atoms with Gasteiger partial charge in [0.25, 0.3) is 11.3 Å². The highest BCUT2D eigenvalue weighted by atomic mass is 16.6. The Morgan fingerprint density at radius 2 is 1.88 bits per heavy atom. The van der Waals surface area contributed by atoms with Crippen LogP contribution in [0.1, 0.15) is 5.56 Å². The lowest BCUT2D eigenvalue weighted by Crippen LogP contribution is -2.19. The van der Waals surface area contributed by atoms with Crippen molar-refractivity contribution in [2.24, 2.45) is 0 Å². The fourth-order valence-electron chi connectivity index (χ4n) is 3.79. The lowest BCUT2D eigenvalue weighted by Gasteiger charge is -2.18. The molecule has 4 heterocycles. The molecule has 5 aromatic rings. The molecule has 1 aliphatic rings. The van der Waals surface area contributed by atoms with Gasteiger partial charge in [-0.2, -0.15) is 14.8 Å². The summed E-state index contributed by atoms with van der Waals surface area (Å²) < 4.78 is 14.2. The number of fused-ring (bicyclic) bond motifs is 4. The average Bonchev–Trinajstić information content (AvgIpc) is 3.29. The molecule has 0 saturated heterocycles. The van der Waals surface area contributed by atoms with Gasteiger partial charge < -0.3 is 9.47 Å². The Balaban J connectivity index is 1.51. The first-order valence-electron chi connectivity index (χ1n) is 9.89. The molecule has 0 aliphatic carbocycles. The number of nitrogens with zero attached hydrogens (tertiary/aromatic N) is 6. The van der Waals surface area contributed by atoms with Crippen LogP contribution >= 0.6 is 0 Å². The molecular formula is C23H14N6O3. The van der Waals surface area contributed by atoms with Crippen molar-refractivity contribution in [3.8, 4) is 34.6 Å². The van der Waals surface area contributed by atoms with Crippen LogP contribution < -0.4 is 15.0 Å². The number of benzene rings is 2. The van der Waals surface area contributed by atoms with E-state index < -0.39 is 0 Å². The standard InChI is InChI=1S/C23H14N6O3/c24-12-15-3-1-2-4-17(15)28-8-7-18-16(22(28)30)13-25-23-26-21(27-29(18)23)14-5-6-19-20(11-14)32-10-9-31-19/h1-8,11,13H,9-10H2. The molecule has 0 bridgehead atoms. The molecule has 0 fully saturated rings. The Morgan fingerprint density at radius 1 is 1.03 bits per heavy atom. The SMILES string of the molecule is N#Cc1ccccc1-n1ccc2c(cnc3nc(-c4ccc5c(c4)OCCO5)nn32)c1=O. The highest BCUT2D eigenvalue weighted by Crippen LogP contribution is 2.33. The molecule has 32 heavy (non-hydrogen) atoms. The predicted octanol–water partition coefficient (Wildman–Crippen LogP) is 2.74. The van der Waals surface area contributed by atoms with Crippen LogP contribution in [-0.2, 0) is 0 Å². The minimum atomic E-state index is -0.295. The van der Waals surface area contributed by atoms with Crippen molar-refractivity contribution < 1.29 is 9.47 Å². The molecule has 9 heteroatoms. The second-order valence-electron chi connectivity index (χ2n) is 7.18. The summed E-state index contributed by atoms with van der Waals surface area (Å²) in [6.45, 7) is 1.01. The van der Waals surface area contributed by atoms with Gasteiger partial charge in [-0.3, -0.25) is 9.36 Å². The summed E-state index contributed by atoms with van der Waals surface area (Å²) in [6, 6.07) is 16.3. The van der Waals surface area contributed by atoms with Crippen molar-refractivity contribution in [3.05, 3.63) is 76.8 Å². The van der Waals surface area contributed by atoms with Crippen LogP contribution in [0.3, 0.4) is 0 Å². The number of pyridine rings is 1. The maximum absolute atomic E-state index is 13.2. The summed E-state index contributed by atoms with van der Waals surface area (Å²) in [4.78, 5) is 22.0. The van der Waals surface area contributed by atoms with Gasteiger partial charge in [-0.25, -0.2) is 4.98 Å². The monoisotopic (exact) mass is 422 g/mol. The molecule has 0 atom stereocenters. The molecule has 0 unspecified atom stereocenters. The minimum absolute atomic E-state index is 0.295. The summed E-state index contributed by atoms with van der Waals surface area (Å²) in [6.07, 6.45) is 3.12. The van der Waals surface area contributed by atoms with E-state index in [-0.39, 0.29) is 5.56 Å². The van der Waals surface area contributed by atoms with Crippen LogP contribution in [0.25, 0.3) is 33.8 Å². The van der Waals surface area contributed by atoms with E-state index in [9.17, 15) is 10.1 Å². The van der Waals surface area contributed by atoms with E-state index >= 15 is 0 Å². The normalized spacial score (nSPS) is 12.7. The van der Waals surface area contributed by atoms with Crippen molar-refractivity contribution in [2.75, 3.05) is 13.2 Å². The smallest absolute Gasteiger partial charge is 0.266 e. The maximum atomic E-state index is 13.2. The molecule has 0 saturated carbocycles. The lowest BCUT2D eigenvalue weighted by atomic mass is 10.2. The number of rotatable bonds is 2. The summed E-state index contributed by atoms with van der Waals surface area (Å²) in [5, 5.41) is 14.3. The molecule has 9 nitrogen and oxygen atoms in total. The molecule has 0 spiro atoms. The fraction of sp³-hybridized carbons (Fsp3) is 0.0870. The maximum Gasteiger partial charge on any atom is 0.266 e. The van der Waals surface area contributed by atoms with E-state index in [1.165, 1.54) is 10.8 Å². The highest BCUT2D eigenvalue weighted by molar-refractivity contribution is 5.79. The van der Waals surface area contributed by atoms with Crippen molar-refractivity contribution in [1.29, 1.82) is 5.26 Å². The van der Waals surface area contributed by atoms with Crippen molar-refractivity contribution in [3.63, 3.8) is 0 Å². The number of aromatic nitrogens is 5. The third kappa shape index (κ3) is 2.70. The summed E-state index contributed by atoms with van der Waals surface area (Å²) in [5.41, 5.74) is 1.95. The van der Waals surface area contributed by atoms with E-state index in [1.807, 2.05) is 18.2 Å². The second kappa shape index (κ2) is 6.92. The van der Waals surface area contributed by atoms with Crippen molar-refractivity contribution >= 4 is 16.7 Å². The topological polar surface area (TPSA) is 107 Å². The summed E-state index contributed by atoms with van der Waals surface area (Å²) in [5.74, 6) is 2.16. The van der Waals surface area contributed by atoms with Gasteiger partial charge in [0.2, 0.25) is 0 Å². The van der Waals surface area contributed by atoms with Gasteiger partial charge >= 0.3 is 0 Å². The number of hydrogen-bond acceptors (Lipinski definition) is 7. The summed E-state index contributed by atoms with van der Waals surface area (Å²) >= 11 is 0. The van der Waals surface area contributed by atoms with E-state index in [1.54, 1.807) is 41.0 Å². The first kappa shape index (κ1) is 18.1. The highest BCUT2D eigenvalue weighted by Gasteiger charge is 2.17. The fourth-order valence-corrected chi connectivity index (χ4v) is 3.79. The van der Waals surface area contributed by atoms with Gasteiger partial charge in [0.15, 0.2) is 17.3 Å². The van der Waals surface area contributed by atoms with Crippen LogP contribution in [0.15, 0.2) is 65.7 Å². The number of nitriles is 1. The molecular weight excluding hydrogens is 408 g/mol. The molecule has 1 aliphatic heterocycles. The quantitative estimate of drug-likeness (QED) is 0.430. The van der Waals surface area contributed by atoms with Crippen LogP contribution in [0.4, 0.5) is 0 Å². The Bertz CT molecular complexity index is 1630. The van der Waals surface area contributed by atoms with Gasteiger partial charge in [-0.15, -0.1) is 5.10 Å². The van der Waals surface area contributed by atoms with Gasteiger partial charge in [0.05, 0.1) is 22.2 Å². The summed E-state index contributed by atoms with van der Waals surface area (Å²) in [7, 11) is 0. The van der Waals surface area contributed by atoms with Gasteiger partial charge in [0.1, 0.15) is 19.3 Å². The third-order valence-electron chi connectivity index (χ3n) is 5.32. The molecule has 0 radical (unpaired) electrons. The first-order chi connectivity index (χ1) is 15.7. The largest absolute Gasteiger partial charge is 0.486 e. The van der Waals surface area contributed by atoms with Crippen molar-refractivity contribution in [2.45, 2.75) is 0 Å². The van der Waals surface area contributed by atoms with Crippen molar-refractivity contribution in [1.82, 2.24) is 24.1 Å². The van der Waals surface area contributed by atoms with Crippen LogP contribution in [0.2, 0.25) is 0 Å². The molecule has 3 aromatic heterocycles. The molecule has 0 amide bonds. The van der Waals surface area contributed by atoms with Crippen LogP contribution in [0, 0.1) is 11.3 Å². The predicted molar refractivity (Wildman–Crippen MR) is 115 cm³/mol. The first-order valence-corrected chi connectivity index (χ1v) is 9.89. The Hall–Kier alpha value is -4.71. The zero-order chi connectivity index (χ0) is 21.7. The molecule has 0 N–H and O–H groups in total. The van der Waals surface area contributed by atoms with E-state index in [4.69, 9.17) is 9.47 Å². The average molecular weight is 422 g/mol. The zero-order valence-electron chi connectivity index (χ0n) is 16.6. The van der Waals surface area contributed by atoms with E-state index in [0.29, 0.717) is 58.5 Å². The van der Waals surface area contributed by atoms with E-state index in [0.717, 1.165) is 5.56 Å². The Labute approximate surface area is 180 Å². The number of para-hydroxylation sites is 1. The molecule has 2 aromatic carbocycles. The second-order valence-corrected chi connectivity index (χ2v) is 7.18. The van der Waals surface area contributed by atoms with Gasteiger partial charge in [-0.1, -0.05) is 12.1 Å². The Kier molecular flexibility index (Phi) is 3.91. The van der Waals surface area contributed by atoms with E-state index in [2.05, 4.69) is 21.1 Å². The Morgan fingerprint density at radius 3 is 2.75 bits per heavy atom. The van der Waals surface area contributed by atoms with Gasteiger partial charge in [-0.05, 0) is 36.4 Å². The van der Waals surface area contributed by atoms with Gasteiger partial charge in [0, 0.05) is 18.0 Å². The number of hydrogen-bond donors (Lipinski definition) is 0. The van der Waals surface area contributed by atoms with Crippen LogP contribution in [0.5, 0.6) is 11.5 Å². The molecule has 6 rings (SSSR count). The minimum Gasteiger partial charge on any atom is -0.486 e. The zero-order valence-corrected chi connectivity index (χ0v) is 16.6. The number of ether oxygens (including phenoxy) is 2. The lowest BCUT2D eigenvalue weighted by molar-refractivity contribution is 0.171. The third-order valence-corrected chi connectivity index (χ3v) is 5.32. The molecule has 154 valence electrons.